The summed E-state index contributed by atoms with van der Waals surface area (Å²) in [4.78, 5) is 0. The quantitative estimate of drug-likeness (QED) is 0.653. The van der Waals surface area contributed by atoms with E-state index in [0.717, 1.165) is 16.9 Å². The number of hydrogen-bond donors (Lipinski definition) is 1. The lowest BCUT2D eigenvalue weighted by Crippen LogP contribution is -2.26. The Balaban J connectivity index is 2.36. The van der Waals surface area contributed by atoms with Crippen LogP contribution in [-0.4, -0.2) is 16.8 Å². The monoisotopic (exact) mass is 260 g/mol. The Morgan fingerprint density at radius 3 is 2.44 bits per heavy atom. The highest BCUT2D eigenvalue weighted by Crippen LogP contribution is 2.38. The molecule has 0 aromatic rings. The second-order valence-corrected chi connectivity index (χ2v) is 7.17. The van der Waals surface area contributed by atoms with Gasteiger partial charge in [-0.25, -0.2) is 0 Å². The molecule has 2 atom stereocenters. The molecule has 0 bridgehead atoms. The molecule has 16 heavy (non-hydrogen) atoms. The van der Waals surface area contributed by atoms with E-state index >= 15 is 0 Å². The number of hydrogen-bond acceptors (Lipinski definition) is 2. The van der Waals surface area contributed by atoms with E-state index in [1.54, 1.807) is 0 Å². The van der Waals surface area contributed by atoms with Crippen LogP contribution in [0.1, 0.15) is 59.3 Å². The predicted octanol–water partition coefficient (Wildman–Crippen LogP) is 5.03. The lowest BCUT2D eigenvalue weighted by Gasteiger charge is -2.33. The predicted molar refractivity (Wildman–Crippen MR) is 80.7 cm³/mol. The van der Waals surface area contributed by atoms with Crippen LogP contribution in [0.4, 0.5) is 0 Å². The third-order valence-electron chi connectivity index (χ3n) is 4.35. The van der Waals surface area contributed by atoms with Gasteiger partial charge in [0, 0.05) is 5.25 Å². The van der Waals surface area contributed by atoms with Crippen molar-refractivity contribution >= 4 is 24.4 Å². The fraction of sp³-hybridized carbons (Fsp3) is 1.00. The third kappa shape index (κ3) is 4.18. The molecule has 0 amide bonds. The molecule has 0 aromatic carbocycles. The van der Waals surface area contributed by atoms with Gasteiger partial charge in [0.15, 0.2) is 0 Å². The van der Waals surface area contributed by atoms with Gasteiger partial charge in [-0.2, -0.15) is 24.4 Å². The molecule has 0 nitrogen and oxygen atoms in total. The van der Waals surface area contributed by atoms with Gasteiger partial charge in [0.1, 0.15) is 0 Å². The van der Waals surface area contributed by atoms with Crippen LogP contribution in [0.2, 0.25) is 0 Å². The van der Waals surface area contributed by atoms with Gasteiger partial charge < -0.3 is 0 Å². The molecule has 2 heteroatoms. The molecule has 0 heterocycles. The average Bonchev–Trinajstić information content (AvgIpc) is 2.32. The normalized spacial score (nSPS) is 27.0. The summed E-state index contributed by atoms with van der Waals surface area (Å²) in [6.45, 7) is 7.06. The summed E-state index contributed by atoms with van der Waals surface area (Å²) in [5.74, 6) is 3.33. The van der Waals surface area contributed by atoms with Gasteiger partial charge in [-0.05, 0) is 48.5 Å². The smallest absolute Gasteiger partial charge is 0.00498 e. The molecule has 0 spiro atoms. The van der Waals surface area contributed by atoms with Crippen molar-refractivity contribution in [2.75, 3.05) is 11.5 Å². The van der Waals surface area contributed by atoms with Gasteiger partial charge in [-0.1, -0.05) is 33.6 Å². The summed E-state index contributed by atoms with van der Waals surface area (Å²) in [6, 6.07) is 0. The van der Waals surface area contributed by atoms with E-state index in [9.17, 15) is 0 Å². The minimum Gasteiger partial charge on any atom is -0.179 e. The Morgan fingerprint density at radius 1 is 1.25 bits per heavy atom. The molecule has 0 aliphatic heterocycles. The van der Waals surface area contributed by atoms with Crippen molar-refractivity contribution in [3.63, 3.8) is 0 Å². The molecule has 1 rings (SSSR count). The first-order chi connectivity index (χ1) is 7.65. The van der Waals surface area contributed by atoms with Gasteiger partial charge in [-0.15, -0.1) is 0 Å². The summed E-state index contributed by atoms with van der Waals surface area (Å²) < 4.78 is 0. The molecule has 96 valence electrons. The van der Waals surface area contributed by atoms with Crippen LogP contribution in [0, 0.1) is 11.3 Å². The molecule has 0 N–H and O–H groups in total. The molecule has 1 aliphatic rings. The van der Waals surface area contributed by atoms with Crippen molar-refractivity contribution in [1.82, 2.24) is 0 Å². The maximum absolute atomic E-state index is 4.56. The summed E-state index contributed by atoms with van der Waals surface area (Å²) >= 11 is 6.80. The highest BCUT2D eigenvalue weighted by molar-refractivity contribution is 7.99. The van der Waals surface area contributed by atoms with E-state index < -0.39 is 0 Å². The fourth-order valence-corrected chi connectivity index (χ4v) is 5.16. The van der Waals surface area contributed by atoms with Crippen molar-refractivity contribution in [1.29, 1.82) is 0 Å². The Kier molecular flexibility index (Phi) is 6.65. The van der Waals surface area contributed by atoms with Crippen LogP contribution < -0.4 is 0 Å². The van der Waals surface area contributed by atoms with Gasteiger partial charge >= 0.3 is 0 Å². The average molecular weight is 261 g/mol. The highest BCUT2D eigenvalue weighted by Gasteiger charge is 2.27. The first kappa shape index (κ1) is 14.8. The van der Waals surface area contributed by atoms with E-state index in [1.807, 2.05) is 0 Å². The number of rotatable bonds is 6. The van der Waals surface area contributed by atoms with Gasteiger partial charge in [0.25, 0.3) is 0 Å². The molecule has 0 saturated heterocycles. The van der Waals surface area contributed by atoms with Crippen molar-refractivity contribution in [3.05, 3.63) is 0 Å². The topological polar surface area (TPSA) is 0 Å². The lowest BCUT2D eigenvalue weighted by molar-refractivity contribution is 0.353. The molecule has 1 fully saturated rings. The van der Waals surface area contributed by atoms with Gasteiger partial charge in [-0.3, -0.25) is 0 Å². The largest absolute Gasteiger partial charge is 0.179 e. The van der Waals surface area contributed by atoms with E-state index in [-0.39, 0.29) is 0 Å². The second-order valence-electron chi connectivity index (χ2n) is 5.57. The van der Waals surface area contributed by atoms with Gasteiger partial charge in [0.2, 0.25) is 0 Å². The van der Waals surface area contributed by atoms with Crippen molar-refractivity contribution < 1.29 is 0 Å². The van der Waals surface area contributed by atoms with Crippen LogP contribution in [0.25, 0.3) is 0 Å². The number of thioether (sulfide) groups is 1. The zero-order chi connectivity index (χ0) is 12.0. The minimum absolute atomic E-state index is 0.495. The second kappa shape index (κ2) is 7.20. The standard InChI is InChI=1S/C14H28S2/c1-4-14(5-2,10-15)11-16-13-8-6-7-12(3)9-13/h12-13,15H,4-11H2,1-3H3. The van der Waals surface area contributed by atoms with Crippen LogP contribution in [-0.2, 0) is 0 Å². The van der Waals surface area contributed by atoms with Crippen LogP contribution >= 0.6 is 24.4 Å². The molecular weight excluding hydrogens is 232 g/mol. The summed E-state index contributed by atoms with van der Waals surface area (Å²) in [5.41, 5.74) is 0.495. The fourth-order valence-electron chi connectivity index (χ4n) is 2.55. The maximum Gasteiger partial charge on any atom is 0.00498 e. The zero-order valence-corrected chi connectivity index (χ0v) is 12.9. The molecule has 1 saturated carbocycles. The lowest BCUT2D eigenvalue weighted by atomic mass is 9.87. The van der Waals surface area contributed by atoms with Crippen LogP contribution in [0.5, 0.6) is 0 Å². The van der Waals surface area contributed by atoms with E-state index in [0.29, 0.717) is 5.41 Å². The Labute approximate surface area is 112 Å². The molecule has 2 unspecified atom stereocenters. The molecule has 1 aliphatic carbocycles. The maximum atomic E-state index is 4.56. The first-order valence-electron chi connectivity index (χ1n) is 6.88. The zero-order valence-electron chi connectivity index (χ0n) is 11.2. The van der Waals surface area contributed by atoms with E-state index in [4.69, 9.17) is 0 Å². The number of thiol groups is 1. The van der Waals surface area contributed by atoms with Crippen LogP contribution in [0.15, 0.2) is 0 Å². The van der Waals surface area contributed by atoms with Gasteiger partial charge in [0.05, 0.1) is 0 Å². The van der Waals surface area contributed by atoms with Crippen molar-refractivity contribution in [2.45, 2.75) is 64.5 Å². The van der Waals surface area contributed by atoms with Crippen molar-refractivity contribution in [3.8, 4) is 0 Å². The van der Waals surface area contributed by atoms with Crippen LogP contribution in [0.3, 0.4) is 0 Å². The Morgan fingerprint density at radius 2 is 1.94 bits per heavy atom. The SMILES string of the molecule is CCC(CC)(CS)CSC1CCCC(C)C1. The summed E-state index contributed by atoms with van der Waals surface area (Å²) in [5, 5.41) is 0.932. The van der Waals surface area contributed by atoms with E-state index in [1.165, 1.54) is 44.3 Å². The Bertz CT molecular complexity index is 179. The molecule has 0 aromatic heterocycles. The molecule has 0 radical (unpaired) electrons. The van der Waals surface area contributed by atoms with E-state index in [2.05, 4.69) is 45.2 Å². The van der Waals surface area contributed by atoms with Crippen molar-refractivity contribution in [2.24, 2.45) is 11.3 Å². The summed E-state index contributed by atoms with van der Waals surface area (Å²) in [6.07, 6.45) is 8.36. The minimum atomic E-state index is 0.495. The molecular formula is C14H28S2. The first-order valence-corrected chi connectivity index (χ1v) is 8.56. The summed E-state index contributed by atoms with van der Waals surface area (Å²) in [7, 11) is 0. The third-order valence-corrected chi connectivity index (χ3v) is 6.70. The Hall–Kier alpha value is 0.700. The highest BCUT2D eigenvalue weighted by atomic mass is 32.2.